The summed E-state index contributed by atoms with van der Waals surface area (Å²) >= 11 is 0. The lowest BCUT2D eigenvalue weighted by Crippen LogP contribution is -2.21. The number of ether oxygens (including phenoxy) is 1. The molecule has 13 heavy (non-hydrogen) atoms. The summed E-state index contributed by atoms with van der Waals surface area (Å²) in [5.41, 5.74) is 3.43. The molecule has 0 fully saturated rings. The maximum atomic E-state index is 10.7. The summed E-state index contributed by atoms with van der Waals surface area (Å²) in [5.74, 6) is -0.212. The third-order valence-electron chi connectivity index (χ3n) is 1.64. The van der Waals surface area contributed by atoms with Crippen LogP contribution in [0.5, 0.6) is 0 Å². The summed E-state index contributed by atoms with van der Waals surface area (Å²) in [7, 11) is -1.19. The molecule has 0 saturated carbocycles. The van der Waals surface area contributed by atoms with Crippen molar-refractivity contribution in [3.63, 3.8) is 0 Å². The van der Waals surface area contributed by atoms with E-state index in [2.05, 4.69) is 25.3 Å². The molecule has 0 rings (SSSR count). The Morgan fingerprint density at radius 1 is 1.31 bits per heavy atom. The van der Waals surface area contributed by atoms with Gasteiger partial charge in [0.25, 0.3) is 0 Å². The van der Waals surface area contributed by atoms with Crippen LogP contribution in [-0.2, 0) is 9.53 Å². The fraction of sp³-hybridized carbons (Fsp3) is 0.700. The summed E-state index contributed by atoms with van der Waals surface area (Å²) < 4.78 is 5.07. The highest BCUT2D eigenvalue weighted by atomic mass is 28.3. The zero-order valence-electron chi connectivity index (χ0n) is 9.47. The maximum absolute atomic E-state index is 10.7. The molecule has 0 aliphatic carbocycles. The standard InChI is InChI=1S/C10H20O2Si/c1-8(7-13(4,5)6)9(2)12-10(3)11/h7,9H,1-6H3/b8-7+/t9-/m1/s1. The van der Waals surface area contributed by atoms with Gasteiger partial charge in [-0.2, -0.15) is 0 Å². The van der Waals surface area contributed by atoms with E-state index >= 15 is 0 Å². The Labute approximate surface area is 82.0 Å². The molecule has 0 N–H and O–H groups in total. The summed E-state index contributed by atoms with van der Waals surface area (Å²) in [6.45, 7) is 12.2. The van der Waals surface area contributed by atoms with Gasteiger partial charge in [0, 0.05) is 6.92 Å². The molecule has 0 aliphatic heterocycles. The first kappa shape index (κ1) is 12.4. The van der Waals surface area contributed by atoms with E-state index in [1.807, 2.05) is 13.8 Å². The van der Waals surface area contributed by atoms with E-state index in [0.29, 0.717) is 0 Å². The van der Waals surface area contributed by atoms with Crippen LogP contribution < -0.4 is 0 Å². The van der Waals surface area contributed by atoms with Crippen LogP contribution in [0.2, 0.25) is 19.6 Å². The molecule has 0 aromatic carbocycles. The Kier molecular flexibility index (Phi) is 4.40. The Morgan fingerprint density at radius 3 is 2.08 bits per heavy atom. The first-order valence-corrected chi connectivity index (χ1v) is 8.16. The SMILES string of the molecule is CC(=O)O[C@H](C)/C(C)=C/[Si](C)(C)C. The predicted octanol–water partition coefficient (Wildman–Crippen LogP) is 2.76. The molecule has 0 heterocycles. The highest BCUT2D eigenvalue weighted by molar-refractivity contribution is 6.81. The van der Waals surface area contributed by atoms with Gasteiger partial charge in [0.2, 0.25) is 0 Å². The van der Waals surface area contributed by atoms with Crippen molar-refractivity contribution in [3.05, 3.63) is 11.3 Å². The van der Waals surface area contributed by atoms with E-state index in [-0.39, 0.29) is 12.1 Å². The van der Waals surface area contributed by atoms with Crippen molar-refractivity contribution in [3.8, 4) is 0 Å². The Balaban J connectivity index is 4.33. The molecule has 0 aromatic rings. The first-order chi connectivity index (χ1) is 5.72. The van der Waals surface area contributed by atoms with Gasteiger partial charge in [-0.1, -0.05) is 25.3 Å². The lowest BCUT2D eigenvalue weighted by atomic mass is 10.2. The highest BCUT2D eigenvalue weighted by Gasteiger charge is 2.13. The number of esters is 1. The van der Waals surface area contributed by atoms with Crippen molar-refractivity contribution in [2.24, 2.45) is 0 Å². The van der Waals surface area contributed by atoms with Gasteiger partial charge in [-0.05, 0) is 19.4 Å². The van der Waals surface area contributed by atoms with Gasteiger partial charge < -0.3 is 4.74 Å². The van der Waals surface area contributed by atoms with E-state index in [9.17, 15) is 4.79 Å². The van der Waals surface area contributed by atoms with Crippen molar-refractivity contribution in [2.75, 3.05) is 0 Å². The zero-order chi connectivity index (χ0) is 10.6. The second-order valence-electron chi connectivity index (χ2n) is 4.51. The summed E-state index contributed by atoms with van der Waals surface area (Å²) in [6, 6.07) is 0. The van der Waals surface area contributed by atoms with Gasteiger partial charge in [0.15, 0.2) is 0 Å². The van der Waals surface area contributed by atoms with Crippen LogP contribution >= 0.6 is 0 Å². The highest BCUT2D eigenvalue weighted by Crippen LogP contribution is 2.12. The van der Waals surface area contributed by atoms with Crippen LogP contribution in [0.1, 0.15) is 20.8 Å². The smallest absolute Gasteiger partial charge is 0.303 e. The number of carbonyl (C=O) groups excluding carboxylic acids is 1. The van der Waals surface area contributed by atoms with Gasteiger partial charge in [0.1, 0.15) is 6.10 Å². The van der Waals surface area contributed by atoms with E-state index in [4.69, 9.17) is 4.74 Å². The monoisotopic (exact) mass is 200 g/mol. The molecular formula is C10H20O2Si. The molecule has 76 valence electrons. The Bertz CT molecular complexity index is 213. The van der Waals surface area contributed by atoms with Crippen LogP contribution in [0, 0.1) is 0 Å². The Hall–Kier alpha value is -0.573. The minimum atomic E-state index is -1.19. The minimum absolute atomic E-state index is 0.0794. The van der Waals surface area contributed by atoms with Crippen LogP contribution in [0.3, 0.4) is 0 Å². The number of hydrogen-bond donors (Lipinski definition) is 0. The fourth-order valence-electron chi connectivity index (χ4n) is 1.14. The molecule has 0 spiro atoms. The van der Waals surface area contributed by atoms with Crippen LogP contribution in [0.25, 0.3) is 0 Å². The molecule has 0 aliphatic rings. The third-order valence-corrected chi connectivity index (χ3v) is 2.97. The summed E-state index contributed by atoms with van der Waals surface area (Å²) in [4.78, 5) is 10.7. The predicted molar refractivity (Wildman–Crippen MR) is 58.3 cm³/mol. The van der Waals surface area contributed by atoms with E-state index in [1.165, 1.54) is 6.92 Å². The van der Waals surface area contributed by atoms with Gasteiger partial charge in [-0.25, -0.2) is 0 Å². The van der Waals surface area contributed by atoms with Crippen molar-refractivity contribution in [2.45, 2.75) is 46.5 Å². The van der Waals surface area contributed by atoms with E-state index in [0.717, 1.165) is 5.57 Å². The average molecular weight is 200 g/mol. The topological polar surface area (TPSA) is 26.3 Å². The van der Waals surface area contributed by atoms with E-state index in [1.54, 1.807) is 0 Å². The van der Waals surface area contributed by atoms with Crippen molar-refractivity contribution < 1.29 is 9.53 Å². The second kappa shape index (κ2) is 4.60. The van der Waals surface area contributed by atoms with Crippen LogP contribution in [0.15, 0.2) is 11.3 Å². The molecule has 0 amide bonds. The van der Waals surface area contributed by atoms with Crippen LogP contribution in [-0.4, -0.2) is 20.1 Å². The largest absolute Gasteiger partial charge is 0.458 e. The number of hydrogen-bond acceptors (Lipinski definition) is 2. The zero-order valence-corrected chi connectivity index (χ0v) is 10.5. The molecular weight excluding hydrogens is 180 g/mol. The van der Waals surface area contributed by atoms with Gasteiger partial charge in [0.05, 0.1) is 8.07 Å². The van der Waals surface area contributed by atoms with Crippen LogP contribution in [0.4, 0.5) is 0 Å². The number of rotatable bonds is 3. The lowest BCUT2D eigenvalue weighted by Gasteiger charge is -2.17. The molecule has 0 unspecified atom stereocenters. The van der Waals surface area contributed by atoms with Gasteiger partial charge in [-0.3, -0.25) is 4.79 Å². The van der Waals surface area contributed by atoms with Gasteiger partial charge >= 0.3 is 5.97 Å². The quantitative estimate of drug-likeness (QED) is 0.517. The maximum Gasteiger partial charge on any atom is 0.303 e. The summed E-state index contributed by atoms with van der Waals surface area (Å²) in [5, 5.41) is 0. The van der Waals surface area contributed by atoms with E-state index < -0.39 is 8.07 Å². The van der Waals surface area contributed by atoms with Crippen molar-refractivity contribution in [1.82, 2.24) is 0 Å². The first-order valence-electron chi connectivity index (χ1n) is 4.59. The van der Waals surface area contributed by atoms with Gasteiger partial charge in [-0.15, -0.1) is 0 Å². The average Bonchev–Trinajstić information content (AvgIpc) is 1.81. The summed E-state index contributed by atoms with van der Waals surface area (Å²) in [6.07, 6.45) is -0.0794. The van der Waals surface area contributed by atoms with Crippen molar-refractivity contribution in [1.29, 1.82) is 0 Å². The molecule has 0 saturated heterocycles. The fourth-order valence-corrected chi connectivity index (χ4v) is 2.74. The molecule has 1 atom stereocenters. The normalized spacial score (nSPS) is 15.4. The number of carbonyl (C=O) groups is 1. The van der Waals surface area contributed by atoms with Crippen molar-refractivity contribution >= 4 is 14.0 Å². The molecule has 3 heteroatoms. The molecule has 2 nitrogen and oxygen atoms in total. The third kappa shape index (κ3) is 6.58. The second-order valence-corrected chi connectivity index (χ2v) is 9.53. The molecule has 0 bridgehead atoms. The Morgan fingerprint density at radius 2 is 1.77 bits per heavy atom. The molecule has 0 radical (unpaired) electrons. The molecule has 0 aromatic heterocycles. The minimum Gasteiger partial charge on any atom is -0.458 e. The lowest BCUT2D eigenvalue weighted by molar-refractivity contribution is -0.143.